The summed E-state index contributed by atoms with van der Waals surface area (Å²) in [5, 5.41) is 0. The van der Waals surface area contributed by atoms with Crippen LogP contribution < -0.4 is 0 Å². The van der Waals surface area contributed by atoms with Gasteiger partial charge >= 0.3 is 0 Å². The zero-order valence-corrected chi connectivity index (χ0v) is 13.8. The van der Waals surface area contributed by atoms with Crippen molar-refractivity contribution in [1.82, 2.24) is 0 Å². The Morgan fingerprint density at radius 2 is 1.43 bits per heavy atom. The summed E-state index contributed by atoms with van der Waals surface area (Å²) in [6.45, 7) is 4.22. The Kier molecular flexibility index (Phi) is 5.62. The third-order valence-corrected chi connectivity index (χ3v) is 4.54. The lowest BCUT2D eigenvalue weighted by atomic mass is 9.93. The highest BCUT2D eigenvalue weighted by Gasteiger charge is 2.39. The second kappa shape index (κ2) is 7.25. The van der Waals surface area contributed by atoms with Crippen molar-refractivity contribution in [3.05, 3.63) is 0 Å². The van der Waals surface area contributed by atoms with Crippen LogP contribution in [0.25, 0.3) is 0 Å². The predicted molar refractivity (Wildman–Crippen MR) is 84.1 cm³/mol. The maximum atomic E-state index is 5.77. The minimum Gasteiger partial charge on any atom is -0.483 e. The molecule has 1 aliphatic heterocycles. The molecular weight excluding hydrogens is 268 g/mol. The molecule has 0 unspecified atom stereocenters. The van der Waals surface area contributed by atoms with Gasteiger partial charge in [-0.2, -0.15) is 0 Å². The first-order valence-corrected chi connectivity index (χ1v) is 7.88. The van der Waals surface area contributed by atoms with Gasteiger partial charge < -0.3 is 14.2 Å². The Morgan fingerprint density at radius 3 is 1.90 bits per heavy atom. The normalized spacial score (nSPS) is 28.3. The molecule has 0 radical (unpaired) electrons. The van der Waals surface area contributed by atoms with E-state index in [4.69, 9.17) is 24.2 Å². The fraction of sp³-hybridized carbons (Fsp3) is 0.875. The van der Waals surface area contributed by atoms with Crippen LogP contribution in [0.15, 0.2) is 9.98 Å². The molecule has 21 heavy (non-hydrogen) atoms. The van der Waals surface area contributed by atoms with Gasteiger partial charge in [0.25, 0.3) is 0 Å². The highest BCUT2D eigenvalue weighted by molar-refractivity contribution is 5.94. The lowest BCUT2D eigenvalue weighted by molar-refractivity contribution is 0.0434. The summed E-state index contributed by atoms with van der Waals surface area (Å²) in [5.41, 5.74) is 0. The first-order valence-electron chi connectivity index (χ1n) is 7.88. The molecule has 5 nitrogen and oxygen atoms in total. The Morgan fingerprint density at radius 1 is 0.905 bits per heavy atom. The first kappa shape index (κ1) is 16.3. The molecule has 0 aromatic heterocycles. The Labute approximate surface area is 127 Å². The van der Waals surface area contributed by atoms with Gasteiger partial charge in [-0.25, -0.2) is 9.98 Å². The number of rotatable bonds is 4. The zero-order valence-electron chi connectivity index (χ0n) is 13.8. The van der Waals surface area contributed by atoms with Crippen LogP contribution in [0.4, 0.5) is 0 Å². The Balaban J connectivity index is 2.27. The van der Waals surface area contributed by atoms with Gasteiger partial charge in [0.1, 0.15) is 6.04 Å². The van der Waals surface area contributed by atoms with E-state index in [1.807, 2.05) is 0 Å². The fourth-order valence-electron chi connectivity index (χ4n) is 3.40. The van der Waals surface area contributed by atoms with Crippen molar-refractivity contribution in [1.29, 1.82) is 0 Å². The SMILES string of the molecule is COC1=N[C@H](C(C)C)C(OC)=N[C@H]1[C@H](OC)C1CCCC1. The van der Waals surface area contributed by atoms with Gasteiger partial charge in [0.05, 0.1) is 20.3 Å². The van der Waals surface area contributed by atoms with E-state index < -0.39 is 0 Å². The third-order valence-electron chi connectivity index (χ3n) is 4.54. The summed E-state index contributed by atoms with van der Waals surface area (Å²) in [6.07, 6.45) is 4.94. The van der Waals surface area contributed by atoms with E-state index in [1.165, 1.54) is 25.7 Å². The van der Waals surface area contributed by atoms with E-state index >= 15 is 0 Å². The Bertz CT molecular complexity index is 400. The van der Waals surface area contributed by atoms with Crippen molar-refractivity contribution in [3.8, 4) is 0 Å². The summed E-state index contributed by atoms with van der Waals surface area (Å²) in [4.78, 5) is 9.52. The van der Waals surface area contributed by atoms with Crippen LogP contribution in [0.1, 0.15) is 39.5 Å². The molecule has 5 heteroatoms. The molecule has 0 saturated heterocycles. The molecule has 2 aliphatic rings. The molecule has 1 aliphatic carbocycles. The molecule has 0 bridgehead atoms. The molecular formula is C16H28N2O3. The van der Waals surface area contributed by atoms with Crippen LogP contribution in [-0.4, -0.2) is 51.3 Å². The second-order valence-electron chi connectivity index (χ2n) is 6.22. The summed E-state index contributed by atoms with van der Waals surface area (Å²) >= 11 is 0. The molecule has 1 saturated carbocycles. The standard InChI is InChI=1S/C16H28N2O3/c1-10(2)12-15(20-4)18-13(16(17-12)21-5)14(19-3)11-8-6-7-9-11/h10-14H,6-9H2,1-5H3/t12-,13+,14-/m1/s1. The molecule has 0 N–H and O–H groups in total. The fourth-order valence-corrected chi connectivity index (χ4v) is 3.40. The van der Waals surface area contributed by atoms with Crippen LogP contribution in [0, 0.1) is 11.8 Å². The number of methoxy groups -OCH3 is 3. The van der Waals surface area contributed by atoms with Crippen LogP contribution in [-0.2, 0) is 14.2 Å². The minimum absolute atomic E-state index is 0.0180. The number of hydrogen-bond donors (Lipinski definition) is 0. The maximum Gasteiger partial charge on any atom is 0.212 e. The third kappa shape index (κ3) is 3.39. The van der Waals surface area contributed by atoms with E-state index in [-0.39, 0.29) is 18.2 Å². The van der Waals surface area contributed by atoms with Crippen molar-refractivity contribution in [2.75, 3.05) is 21.3 Å². The van der Waals surface area contributed by atoms with Gasteiger partial charge in [-0.05, 0) is 24.7 Å². The molecule has 1 heterocycles. The highest BCUT2D eigenvalue weighted by Crippen LogP contribution is 2.33. The van der Waals surface area contributed by atoms with E-state index in [1.54, 1.807) is 21.3 Å². The number of aliphatic imine (C=N–C) groups is 2. The number of nitrogens with zero attached hydrogens (tertiary/aromatic N) is 2. The van der Waals surface area contributed by atoms with Gasteiger partial charge in [0, 0.05) is 7.11 Å². The quantitative estimate of drug-likeness (QED) is 0.801. The predicted octanol–water partition coefficient (Wildman–Crippen LogP) is 2.69. The average Bonchev–Trinajstić information content (AvgIpc) is 3.01. The second-order valence-corrected chi connectivity index (χ2v) is 6.22. The molecule has 0 spiro atoms. The van der Waals surface area contributed by atoms with Gasteiger partial charge in [-0.1, -0.05) is 26.7 Å². The molecule has 1 fully saturated rings. The van der Waals surface area contributed by atoms with Crippen molar-refractivity contribution >= 4 is 11.8 Å². The van der Waals surface area contributed by atoms with Crippen LogP contribution in [0.3, 0.4) is 0 Å². The first-order chi connectivity index (χ1) is 10.1. The summed E-state index contributed by atoms with van der Waals surface area (Å²) in [5.74, 6) is 2.21. The lowest BCUT2D eigenvalue weighted by Gasteiger charge is -2.33. The molecule has 2 rings (SSSR count). The molecule has 0 amide bonds. The van der Waals surface area contributed by atoms with E-state index in [0.717, 1.165) is 0 Å². The van der Waals surface area contributed by atoms with Gasteiger partial charge in [0.2, 0.25) is 11.8 Å². The van der Waals surface area contributed by atoms with Crippen LogP contribution >= 0.6 is 0 Å². The number of ether oxygens (including phenoxy) is 3. The van der Waals surface area contributed by atoms with Gasteiger partial charge in [-0.15, -0.1) is 0 Å². The summed E-state index contributed by atoms with van der Waals surface area (Å²) in [6, 6.07) is -0.254. The average molecular weight is 296 g/mol. The largest absolute Gasteiger partial charge is 0.483 e. The molecule has 0 aromatic carbocycles. The topological polar surface area (TPSA) is 52.4 Å². The molecule has 120 valence electrons. The summed E-state index contributed by atoms with van der Waals surface area (Å²) in [7, 11) is 5.08. The Hall–Kier alpha value is -1.10. The number of hydrogen-bond acceptors (Lipinski definition) is 5. The van der Waals surface area contributed by atoms with Crippen LogP contribution in [0.2, 0.25) is 0 Å². The minimum atomic E-state index is -0.187. The van der Waals surface area contributed by atoms with Crippen molar-refractivity contribution in [3.63, 3.8) is 0 Å². The monoisotopic (exact) mass is 296 g/mol. The van der Waals surface area contributed by atoms with Crippen molar-refractivity contribution in [2.45, 2.75) is 57.7 Å². The lowest BCUT2D eigenvalue weighted by Crippen LogP contribution is -2.45. The van der Waals surface area contributed by atoms with Crippen molar-refractivity contribution < 1.29 is 14.2 Å². The van der Waals surface area contributed by atoms with Crippen LogP contribution in [0.5, 0.6) is 0 Å². The molecule has 0 aromatic rings. The van der Waals surface area contributed by atoms with E-state index in [0.29, 0.717) is 23.6 Å². The van der Waals surface area contributed by atoms with E-state index in [9.17, 15) is 0 Å². The van der Waals surface area contributed by atoms with Gasteiger partial charge in [0.15, 0.2) is 6.04 Å². The molecule has 3 atom stereocenters. The summed E-state index contributed by atoms with van der Waals surface area (Å²) < 4.78 is 16.8. The zero-order chi connectivity index (χ0) is 15.4. The van der Waals surface area contributed by atoms with Crippen molar-refractivity contribution in [2.24, 2.45) is 21.8 Å². The highest BCUT2D eigenvalue weighted by atomic mass is 16.5. The van der Waals surface area contributed by atoms with Gasteiger partial charge in [-0.3, -0.25) is 0 Å². The smallest absolute Gasteiger partial charge is 0.212 e. The van der Waals surface area contributed by atoms with E-state index in [2.05, 4.69) is 13.8 Å². The maximum absolute atomic E-state index is 5.77.